The number of nitrogens with zero attached hydrogens (tertiary/aromatic N) is 6. The molecule has 0 fully saturated rings. The predicted molar refractivity (Wildman–Crippen MR) is 69.1 cm³/mol. The Hall–Kier alpha value is -2.85. The molecule has 2 heterocycles. The van der Waals surface area contributed by atoms with Gasteiger partial charge in [-0.1, -0.05) is 5.21 Å². The third-order valence-corrected chi connectivity index (χ3v) is 2.95. The van der Waals surface area contributed by atoms with Crippen molar-refractivity contribution in [1.82, 2.24) is 35.7 Å². The van der Waals surface area contributed by atoms with Gasteiger partial charge in [0.1, 0.15) is 17.9 Å². The molecule has 0 saturated carbocycles. The first-order valence-corrected chi connectivity index (χ1v) is 6.11. The number of tetrazole rings is 1. The molecule has 11 heteroatoms. The Kier molecular flexibility index (Phi) is 3.91. The second-order valence-corrected chi connectivity index (χ2v) is 4.49. The Balaban J connectivity index is 2.07. The van der Waals surface area contributed by atoms with Crippen LogP contribution in [0.4, 0.5) is 5.69 Å². The molecule has 1 amide bonds. The molecule has 0 aliphatic carbocycles. The van der Waals surface area contributed by atoms with Crippen LogP contribution in [0.25, 0.3) is 0 Å². The Labute approximate surface area is 118 Å². The van der Waals surface area contributed by atoms with Gasteiger partial charge in [0.05, 0.1) is 11.0 Å². The largest absolute Gasteiger partial charge is 0.345 e. The normalized spacial score (nSPS) is 12.1. The molecule has 0 spiro atoms. The third kappa shape index (κ3) is 3.01. The number of hydrogen-bond acceptors (Lipinski definition) is 7. The lowest BCUT2D eigenvalue weighted by Gasteiger charge is -2.10. The highest BCUT2D eigenvalue weighted by atomic mass is 16.6. The van der Waals surface area contributed by atoms with E-state index in [0.29, 0.717) is 11.5 Å². The fourth-order valence-corrected chi connectivity index (χ4v) is 1.95. The molecule has 1 atom stereocenters. The van der Waals surface area contributed by atoms with Crippen molar-refractivity contribution in [3.63, 3.8) is 0 Å². The molecule has 0 radical (unpaired) electrons. The maximum Gasteiger partial charge on any atom is 0.312 e. The maximum atomic E-state index is 11.9. The van der Waals surface area contributed by atoms with Crippen LogP contribution in [0.15, 0.2) is 0 Å². The summed E-state index contributed by atoms with van der Waals surface area (Å²) in [7, 11) is 0. The fraction of sp³-hybridized carbons (Fsp3) is 0.500. The van der Waals surface area contributed by atoms with Crippen LogP contribution >= 0.6 is 0 Å². The van der Waals surface area contributed by atoms with Crippen molar-refractivity contribution in [3.8, 4) is 0 Å². The van der Waals surface area contributed by atoms with Crippen LogP contribution in [0.5, 0.6) is 0 Å². The summed E-state index contributed by atoms with van der Waals surface area (Å²) >= 11 is 0. The number of nitro groups is 1. The quantitative estimate of drug-likeness (QED) is 0.573. The van der Waals surface area contributed by atoms with Gasteiger partial charge in [-0.3, -0.25) is 19.6 Å². The molecule has 0 saturated heterocycles. The van der Waals surface area contributed by atoms with Crippen molar-refractivity contribution in [2.45, 2.75) is 33.4 Å². The van der Waals surface area contributed by atoms with Crippen molar-refractivity contribution in [1.29, 1.82) is 0 Å². The molecule has 0 bridgehead atoms. The van der Waals surface area contributed by atoms with E-state index < -0.39 is 11.0 Å². The Morgan fingerprint density at radius 1 is 1.52 bits per heavy atom. The highest BCUT2D eigenvalue weighted by molar-refractivity contribution is 5.76. The molecule has 112 valence electrons. The molecular weight excluding hydrogens is 280 g/mol. The Bertz CT molecular complexity index is 662. The maximum absolute atomic E-state index is 11.9. The third-order valence-electron chi connectivity index (χ3n) is 2.95. The molecular formula is C10H14N8O3. The van der Waals surface area contributed by atoms with Gasteiger partial charge in [-0.25, -0.2) is 0 Å². The van der Waals surface area contributed by atoms with Gasteiger partial charge in [0.15, 0.2) is 5.82 Å². The zero-order valence-electron chi connectivity index (χ0n) is 11.7. The lowest BCUT2D eigenvalue weighted by atomic mass is 10.3. The number of nitrogens with one attached hydrogen (secondary N) is 2. The summed E-state index contributed by atoms with van der Waals surface area (Å²) in [6.07, 6.45) is 0. The minimum Gasteiger partial charge on any atom is -0.345 e. The number of H-pyrrole nitrogens is 1. The van der Waals surface area contributed by atoms with Crippen molar-refractivity contribution in [2.24, 2.45) is 0 Å². The molecule has 0 aliphatic heterocycles. The van der Waals surface area contributed by atoms with Gasteiger partial charge in [0, 0.05) is 0 Å². The highest BCUT2D eigenvalue weighted by Gasteiger charge is 2.23. The van der Waals surface area contributed by atoms with Crippen molar-refractivity contribution in [3.05, 3.63) is 27.3 Å². The average molecular weight is 294 g/mol. The fourth-order valence-electron chi connectivity index (χ4n) is 1.95. The monoisotopic (exact) mass is 294 g/mol. The number of carbonyl (C=O) groups is 1. The lowest BCUT2D eigenvalue weighted by Crippen LogP contribution is -2.31. The van der Waals surface area contributed by atoms with E-state index in [0.717, 1.165) is 0 Å². The van der Waals surface area contributed by atoms with Gasteiger partial charge in [0.2, 0.25) is 5.91 Å². The molecule has 11 nitrogen and oxygen atoms in total. The number of aromatic amines is 1. The molecule has 2 N–H and O–H groups in total. The summed E-state index contributed by atoms with van der Waals surface area (Å²) in [6.45, 7) is 4.66. The van der Waals surface area contributed by atoms with Crippen LogP contribution in [0.2, 0.25) is 0 Å². The topological polar surface area (TPSA) is 145 Å². The summed E-state index contributed by atoms with van der Waals surface area (Å²) in [5, 5.41) is 30.8. The van der Waals surface area contributed by atoms with E-state index in [-0.39, 0.29) is 23.8 Å². The molecule has 2 rings (SSSR count). The van der Waals surface area contributed by atoms with Crippen LogP contribution in [0.3, 0.4) is 0 Å². The molecule has 1 unspecified atom stereocenters. The summed E-state index contributed by atoms with van der Waals surface area (Å²) in [5.41, 5.74) is 0.533. The van der Waals surface area contributed by atoms with Gasteiger partial charge >= 0.3 is 5.69 Å². The summed E-state index contributed by atoms with van der Waals surface area (Å²) in [4.78, 5) is 22.3. The van der Waals surface area contributed by atoms with Gasteiger partial charge in [-0.2, -0.15) is 10.3 Å². The SMILES string of the molecule is Cc1nn(CC(=O)NC(C)c2nn[nH]n2)c(C)c1[N+](=O)[O-]. The molecule has 2 aromatic rings. The molecule has 0 aliphatic rings. The van der Waals surface area contributed by atoms with E-state index in [4.69, 9.17) is 0 Å². The molecule has 2 aromatic heterocycles. The molecule has 0 aromatic carbocycles. The first-order valence-electron chi connectivity index (χ1n) is 6.11. The zero-order valence-corrected chi connectivity index (χ0v) is 11.7. The van der Waals surface area contributed by atoms with Crippen molar-refractivity contribution in [2.75, 3.05) is 0 Å². The van der Waals surface area contributed by atoms with Crippen LogP contribution < -0.4 is 5.32 Å². The van der Waals surface area contributed by atoms with Gasteiger partial charge < -0.3 is 5.32 Å². The zero-order chi connectivity index (χ0) is 15.6. The second-order valence-electron chi connectivity index (χ2n) is 4.49. The van der Waals surface area contributed by atoms with E-state index >= 15 is 0 Å². The number of amides is 1. The number of carbonyl (C=O) groups excluding carboxylic acids is 1. The standard InChI is InChI=1S/C10H14N8O3/c1-5-9(18(20)21)7(3)17(14-5)4-8(19)11-6(2)10-12-15-16-13-10/h6H,4H2,1-3H3,(H,11,19)(H,12,13,15,16). The van der Waals surface area contributed by atoms with E-state index in [1.807, 2.05) is 0 Å². The number of hydrogen-bond donors (Lipinski definition) is 2. The van der Waals surface area contributed by atoms with Crippen LogP contribution in [0, 0.1) is 24.0 Å². The van der Waals surface area contributed by atoms with Gasteiger partial charge in [0.25, 0.3) is 0 Å². The Morgan fingerprint density at radius 3 is 2.76 bits per heavy atom. The van der Waals surface area contributed by atoms with Gasteiger partial charge in [-0.15, -0.1) is 10.2 Å². The summed E-state index contributed by atoms with van der Waals surface area (Å²) in [5.74, 6) is -0.00417. The smallest absolute Gasteiger partial charge is 0.312 e. The average Bonchev–Trinajstić information content (AvgIpc) is 2.98. The minimum atomic E-state index is -0.506. The number of aromatic nitrogens is 6. The van der Waals surface area contributed by atoms with Gasteiger partial charge in [-0.05, 0) is 20.8 Å². The molecule has 21 heavy (non-hydrogen) atoms. The van der Waals surface area contributed by atoms with E-state index in [1.54, 1.807) is 13.8 Å². The highest BCUT2D eigenvalue weighted by Crippen LogP contribution is 2.21. The minimum absolute atomic E-state index is 0.0750. The van der Waals surface area contributed by atoms with E-state index in [1.165, 1.54) is 11.6 Å². The first-order chi connectivity index (χ1) is 9.90. The predicted octanol–water partition coefficient (Wildman–Crippen LogP) is -0.201. The second kappa shape index (κ2) is 5.64. The van der Waals surface area contributed by atoms with E-state index in [9.17, 15) is 14.9 Å². The Morgan fingerprint density at radius 2 is 2.24 bits per heavy atom. The summed E-state index contributed by atoms with van der Waals surface area (Å²) < 4.78 is 1.30. The first kappa shape index (κ1) is 14.6. The van der Waals surface area contributed by atoms with Crippen LogP contribution in [0.1, 0.15) is 30.2 Å². The van der Waals surface area contributed by atoms with Crippen molar-refractivity contribution >= 4 is 11.6 Å². The number of rotatable bonds is 5. The summed E-state index contributed by atoms with van der Waals surface area (Å²) in [6, 6.07) is -0.428. The van der Waals surface area contributed by atoms with Crippen LogP contribution in [-0.2, 0) is 11.3 Å². The lowest BCUT2D eigenvalue weighted by molar-refractivity contribution is -0.386. The van der Waals surface area contributed by atoms with E-state index in [2.05, 4.69) is 31.0 Å². The van der Waals surface area contributed by atoms with Crippen molar-refractivity contribution < 1.29 is 9.72 Å². The van der Waals surface area contributed by atoms with Crippen LogP contribution in [-0.4, -0.2) is 41.2 Å². The number of aryl methyl sites for hydroxylation is 1.